The van der Waals surface area contributed by atoms with E-state index in [-0.39, 0.29) is 17.6 Å². The summed E-state index contributed by atoms with van der Waals surface area (Å²) in [6.07, 6.45) is 5.64. The van der Waals surface area contributed by atoms with Crippen LogP contribution in [0.3, 0.4) is 0 Å². The number of nitrogens with one attached hydrogen (secondary N) is 1. The number of carbonyl (C=O) groups is 1. The number of ether oxygens (including phenoxy) is 2. The molecule has 1 aromatic carbocycles. The molecule has 5 rings (SSSR count). The van der Waals surface area contributed by atoms with Gasteiger partial charge in [-0.25, -0.2) is 29.1 Å². The van der Waals surface area contributed by atoms with Crippen LogP contribution in [0.2, 0.25) is 0 Å². The van der Waals surface area contributed by atoms with E-state index in [0.29, 0.717) is 43.9 Å². The molecule has 40 heavy (non-hydrogen) atoms. The van der Waals surface area contributed by atoms with Crippen LogP contribution in [0.25, 0.3) is 22.3 Å². The van der Waals surface area contributed by atoms with Gasteiger partial charge in [-0.2, -0.15) is 0 Å². The molecule has 1 amide bonds. The highest BCUT2D eigenvalue weighted by molar-refractivity contribution is 9.10. The Morgan fingerprint density at radius 2 is 1.95 bits per heavy atom. The standard InChI is InChI=1S/C28H23BrFN7O3/c1-15-11-12-32-26(35-15)39-20-10-9-18(13-19(20)30)37-23(21(29)22-24(37)25(31)34-14-33-22)16-5-7-17(8-6-16)36-27(38)40-28(2,3)4/h5,7,9-14H,1-4H3,(H,36,38)(H2,31,33,34). The van der Waals surface area contributed by atoms with Crippen molar-refractivity contribution in [3.63, 3.8) is 0 Å². The summed E-state index contributed by atoms with van der Waals surface area (Å²) in [7, 11) is 0. The molecule has 3 N–H and O–H groups in total. The molecule has 4 aromatic rings. The first kappa shape index (κ1) is 26.8. The molecule has 0 radical (unpaired) electrons. The second kappa shape index (κ2) is 10.4. The lowest BCUT2D eigenvalue weighted by Crippen LogP contribution is -2.31. The molecular weight excluding hydrogens is 581 g/mol. The van der Waals surface area contributed by atoms with E-state index in [9.17, 15) is 4.79 Å². The van der Waals surface area contributed by atoms with E-state index in [1.54, 1.807) is 56.5 Å². The summed E-state index contributed by atoms with van der Waals surface area (Å²) in [5, 5.41) is 2.63. The van der Waals surface area contributed by atoms with Crippen molar-refractivity contribution >= 4 is 44.4 Å². The lowest BCUT2D eigenvalue weighted by Gasteiger charge is -2.19. The molecule has 0 saturated carbocycles. The Hall–Kier alpha value is -4.76. The van der Waals surface area contributed by atoms with Crippen LogP contribution < -0.4 is 15.8 Å². The van der Waals surface area contributed by atoms with Crippen molar-refractivity contribution < 1.29 is 18.7 Å². The fraction of sp³-hybridized carbons (Fsp3) is 0.179. The summed E-state index contributed by atoms with van der Waals surface area (Å²) >= 11 is 3.62. The Labute approximate surface area is 236 Å². The third-order valence-electron chi connectivity index (χ3n) is 5.50. The molecule has 202 valence electrons. The molecule has 12 heteroatoms. The second-order valence-electron chi connectivity index (χ2n) is 9.69. The van der Waals surface area contributed by atoms with Crippen LogP contribution >= 0.6 is 15.9 Å². The number of allylic oxidation sites excluding steroid dienone is 3. The van der Waals surface area contributed by atoms with Crippen molar-refractivity contribution in [2.75, 3.05) is 5.73 Å². The van der Waals surface area contributed by atoms with Gasteiger partial charge >= 0.3 is 12.1 Å². The van der Waals surface area contributed by atoms with Gasteiger partial charge in [0.15, 0.2) is 17.4 Å². The molecule has 0 bridgehead atoms. The van der Waals surface area contributed by atoms with Crippen molar-refractivity contribution in [2.45, 2.75) is 33.3 Å². The predicted molar refractivity (Wildman–Crippen MR) is 150 cm³/mol. The van der Waals surface area contributed by atoms with Crippen LogP contribution in [-0.4, -0.2) is 36.2 Å². The maximum Gasteiger partial charge on any atom is 0.412 e. The highest BCUT2D eigenvalue weighted by Crippen LogP contribution is 2.39. The lowest BCUT2D eigenvalue weighted by molar-refractivity contribution is 0.0548. The molecule has 0 unspecified atom stereocenters. The molecule has 0 atom stereocenters. The quantitative estimate of drug-likeness (QED) is 0.269. The number of nitrogens with two attached hydrogens (primary N) is 1. The van der Waals surface area contributed by atoms with Crippen LogP contribution in [0.5, 0.6) is 11.8 Å². The minimum atomic E-state index is -0.649. The Bertz CT molecular complexity index is 1810. The van der Waals surface area contributed by atoms with E-state index in [1.165, 1.54) is 24.7 Å². The van der Waals surface area contributed by atoms with Crippen LogP contribution in [-0.2, 0) is 4.74 Å². The number of fused-ring (bicyclic) bond motifs is 1. The van der Waals surface area contributed by atoms with Gasteiger partial charge in [-0.05, 0) is 79.7 Å². The maximum absolute atomic E-state index is 15.3. The minimum absolute atomic E-state index is 0.0318. The average molecular weight is 604 g/mol. The van der Waals surface area contributed by atoms with Gasteiger partial charge in [-0.1, -0.05) is 5.73 Å². The van der Waals surface area contributed by atoms with Gasteiger partial charge in [0.05, 0.1) is 21.4 Å². The molecule has 1 aliphatic carbocycles. The topological polar surface area (TPSA) is 130 Å². The monoisotopic (exact) mass is 603 g/mol. The molecule has 3 heterocycles. The normalized spacial score (nSPS) is 12.8. The highest BCUT2D eigenvalue weighted by atomic mass is 79.9. The minimum Gasteiger partial charge on any atom is -0.444 e. The van der Waals surface area contributed by atoms with Crippen molar-refractivity contribution in [3.8, 4) is 17.4 Å². The van der Waals surface area contributed by atoms with Crippen LogP contribution in [0, 0.1) is 12.7 Å². The summed E-state index contributed by atoms with van der Waals surface area (Å²) < 4.78 is 28.5. The average Bonchev–Trinajstić information content (AvgIpc) is 3.18. The van der Waals surface area contributed by atoms with E-state index in [2.05, 4.69) is 52.6 Å². The summed E-state index contributed by atoms with van der Waals surface area (Å²) in [6, 6.07) is 6.19. The molecule has 0 aliphatic heterocycles. The van der Waals surface area contributed by atoms with Crippen molar-refractivity contribution in [2.24, 2.45) is 0 Å². The van der Waals surface area contributed by atoms with Crippen molar-refractivity contribution in [1.82, 2.24) is 29.8 Å². The van der Waals surface area contributed by atoms with Gasteiger partial charge in [0, 0.05) is 23.6 Å². The fourth-order valence-electron chi connectivity index (χ4n) is 3.89. The third kappa shape index (κ3) is 5.50. The maximum atomic E-state index is 15.3. The zero-order chi connectivity index (χ0) is 28.6. The fourth-order valence-corrected chi connectivity index (χ4v) is 4.57. The number of alkyl carbamates (subject to hydrolysis) is 1. The van der Waals surface area contributed by atoms with Gasteiger partial charge in [0.25, 0.3) is 0 Å². The Balaban J connectivity index is 1.60. The number of benzene rings is 1. The molecule has 1 aliphatic rings. The smallest absolute Gasteiger partial charge is 0.412 e. The number of hydrogen-bond acceptors (Lipinski definition) is 8. The van der Waals surface area contributed by atoms with Crippen molar-refractivity contribution in [3.05, 3.63) is 87.8 Å². The number of aryl methyl sites for hydroxylation is 1. The molecular formula is C28H23BrFN7O3. The van der Waals surface area contributed by atoms with E-state index in [0.717, 1.165) is 0 Å². The first-order valence-corrected chi connectivity index (χ1v) is 12.8. The number of carbonyl (C=O) groups excluding carboxylic acids is 1. The lowest BCUT2D eigenvalue weighted by atomic mass is 10.1. The first-order chi connectivity index (χ1) is 19.0. The number of nitrogen functional groups attached to an aromatic ring is 1. The number of anilines is 1. The summed E-state index contributed by atoms with van der Waals surface area (Å²) in [5.41, 5.74) is 15.2. The highest BCUT2D eigenvalue weighted by Gasteiger charge is 2.24. The second-order valence-corrected chi connectivity index (χ2v) is 10.5. The van der Waals surface area contributed by atoms with Gasteiger partial charge in [-0.3, -0.25) is 5.32 Å². The van der Waals surface area contributed by atoms with E-state index in [4.69, 9.17) is 15.2 Å². The van der Waals surface area contributed by atoms with E-state index < -0.39 is 17.5 Å². The Morgan fingerprint density at radius 3 is 2.62 bits per heavy atom. The first-order valence-electron chi connectivity index (χ1n) is 12.0. The number of aromatic nitrogens is 5. The molecule has 0 fully saturated rings. The zero-order valence-corrected chi connectivity index (χ0v) is 23.5. The van der Waals surface area contributed by atoms with Gasteiger partial charge in [0.1, 0.15) is 23.0 Å². The SMILES string of the molecule is Cc1ccnc(Oc2ccc(-n3c(C4=C=C=C(NC(=O)OC(C)(C)C)C=C4)c(Br)c4ncnc(N)c43)cc2F)n1. The third-order valence-corrected chi connectivity index (χ3v) is 6.25. The summed E-state index contributed by atoms with van der Waals surface area (Å²) in [6.45, 7) is 7.10. The van der Waals surface area contributed by atoms with Gasteiger partial charge < -0.3 is 19.8 Å². The van der Waals surface area contributed by atoms with Crippen LogP contribution in [0.4, 0.5) is 15.0 Å². The largest absolute Gasteiger partial charge is 0.444 e. The van der Waals surface area contributed by atoms with E-state index >= 15 is 4.39 Å². The van der Waals surface area contributed by atoms with Crippen LogP contribution in [0.15, 0.2) is 70.6 Å². The number of nitrogens with zero attached hydrogens (tertiary/aromatic N) is 5. The van der Waals surface area contributed by atoms with Gasteiger partial charge in [-0.15, -0.1) is 0 Å². The summed E-state index contributed by atoms with van der Waals surface area (Å²) in [4.78, 5) is 28.8. The molecule has 10 nitrogen and oxygen atoms in total. The number of rotatable bonds is 5. The summed E-state index contributed by atoms with van der Waals surface area (Å²) in [5.74, 6) is -0.499. The number of hydrogen-bond donors (Lipinski definition) is 2. The number of halogens is 2. The van der Waals surface area contributed by atoms with Crippen LogP contribution in [0.1, 0.15) is 32.2 Å². The predicted octanol–water partition coefficient (Wildman–Crippen LogP) is 5.91. The Morgan fingerprint density at radius 1 is 1.15 bits per heavy atom. The number of amides is 1. The van der Waals surface area contributed by atoms with Gasteiger partial charge in [0.2, 0.25) is 0 Å². The van der Waals surface area contributed by atoms with Crippen molar-refractivity contribution in [1.29, 1.82) is 0 Å². The van der Waals surface area contributed by atoms with E-state index in [1.807, 2.05) is 0 Å². The molecule has 0 spiro atoms. The molecule has 3 aromatic heterocycles. The Kier molecular flexibility index (Phi) is 6.99. The zero-order valence-electron chi connectivity index (χ0n) is 21.9. The molecule has 0 saturated heterocycles.